The van der Waals surface area contributed by atoms with Crippen LogP contribution in [0.5, 0.6) is 0 Å². The Bertz CT molecular complexity index is 945. The number of fused-ring (bicyclic) bond motifs is 2. The van der Waals surface area contributed by atoms with Crippen molar-refractivity contribution in [1.82, 2.24) is 0 Å². The van der Waals surface area contributed by atoms with Crippen LogP contribution in [-0.2, 0) is 10.9 Å². The van der Waals surface area contributed by atoms with Crippen LogP contribution in [0.2, 0.25) is 0 Å². The zero-order valence-electron chi connectivity index (χ0n) is 15.7. The predicted molar refractivity (Wildman–Crippen MR) is 109 cm³/mol. The molecule has 0 radical (unpaired) electrons. The minimum absolute atomic E-state index is 0.138. The van der Waals surface area contributed by atoms with Crippen LogP contribution in [0.15, 0.2) is 64.4 Å². The minimum atomic E-state index is 0.138. The summed E-state index contributed by atoms with van der Waals surface area (Å²) in [4.78, 5) is 3.02. The molecule has 0 saturated heterocycles. The van der Waals surface area contributed by atoms with E-state index in [1.807, 2.05) is 0 Å². The standard InChI is InChI=1S/C24H25S/c1-15-10-11-20-22(14-15)25(5)21-9-7-6-8-19(21)24(20)23-17(3)12-16(2)13-18(23)4/h6-14,24H,1-5H3/q+1/t24-,25?/m1/s1. The van der Waals surface area contributed by atoms with Gasteiger partial charge in [-0.1, -0.05) is 48.0 Å². The third-order valence-electron chi connectivity index (χ3n) is 5.40. The van der Waals surface area contributed by atoms with Crippen molar-refractivity contribution >= 4 is 10.9 Å². The van der Waals surface area contributed by atoms with Gasteiger partial charge in [0.2, 0.25) is 0 Å². The lowest BCUT2D eigenvalue weighted by molar-refractivity contribution is 0.875. The highest BCUT2D eigenvalue weighted by Gasteiger charge is 2.39. The first kappa shape index (κ1) is 16.5. The molecule has 2 atom stereocenters. The molecule has 0 nitrogen and oxygen atoms in total. The average molecular weight is 346 g/mol. The monoisotopic (exact) mass is 345 g/mol. The van der Waals surface area contributed by atoms with Crippen LogP contribution in [0.3, 0.4) is 0 Å². The Hall–Kier alpha value is -1.99. The van der Waals surface area contributed by atoms with Crippen LogP contribution in [0.1, 0.15) is 44.9 Å². The first-order valence-electron chi connectivity index (χ1n) is 8.90. The molecule has 1 unspecified atom stereocenters. The Morgan fingerprint density at radius 1 is 0.680 bits per heavy atom. The SMILES string of the molecule is Cc1cc(C)c([C@@H]2c3ccccc3[S+](C)c3cc(C)ccc32)c(C)c1. The molecular formula is C24H25S+. The van der Waals surface area contributed by atoms with Gasteiger partial charge in [-0.2, -0.15) is 0 Å². The molecule has 25 heavy (non-hydrogen) atoms. The van der Waals surface area contributed by atoms with E-state index in [1.54, 1.807) is 0 Å². The van der Waals surface area contributed by atoms with E-state index in [9.17, 15) is 0 Å². The van der Waals surface area contributed by atoms with Gasteiger partial charge >= 0.3 is 0 Å². The molecule has 0 amide bonds. The zero-order chi connectivity index (χ0) is 17.7. The molecule has 0 spiro atoms. The van der Waals surface area contributed by atoms with Crippen molar-refractivity contribution in [3.05, 3.63) is 93.5 Å². The summed E-state index contributed by atoms with van der Waals surface area (Å²) in [6.45, 7) is 8.94. The van der Waals surface area contributed by atoms with Crippen molar-refractivity contribution in [2.45, 2.75) is 43.4 Å². The van der Waals surface area contributed by atoms with E-state index in [2.05, 4.69) is 88.5 Å². The molecular weight excluding hydrogens is 320 g/mol. The van der Waals surface area contributed by atoms with E-state index in [0.29, 0.717) is 5.92 Å². The smallest absolute Gasteiger partial charge is 0.0616 e. The van der Waals surface area contributed by atoms with Crippen LogP contribution in [0.4, 0.5) is 0 Å². The van der Waals surface area contributed by atoms with Crippen molar-refractivity contribution in [1.29, 1.82) is 0 Å². The molecule has 1 aliphatic heterocycles. The van der Waals surface area contributed by atoms with E-state index in [4.69, 9.17) is 0 Å². The molecule has 0 saturated carbocycles. The van der Waals surface area contributed by atoms with Crippen molar-refractivity contribution in [3.8, 4) is 0 Å². The van der Waals surface area contributed by atoms with Gasteiger partial charge in [0.1, 0.15) is 6.26 Å². The second kappa shape index (κ2) is 6.07. The van der Waals surface area contributed by atoms with Crippen molar-refractivity contribution in [2.75, 3.05) is 6.26 Å². The van der Waals surface area contributed by atoms with Crippen molar-refractivity contribution in [2.24, 2.45) is 0 Å². The molecule has 126 valence electrons. The number of aryl methyl sites for hydroxylation is 4. The maximum absolute atomic E-state index is 2.40. The largest absolute Gasteiger partial charge is 0.164 e. The fraction of sp³-hybridized carbons (Fsp3) is 0.250. The summed E-state index contributed by atoms with van der Waals surface area (Å²) in [5.74, 6) is 0.344. The molecule has 1 aliphatic rings. The zero-order valence-corrected chi connectivity index (χ0v) is 16.5. The van der Waals surface area contributed by atoms with E-state index < -0.39 is 0 Å². The summed E-state index contributed by atoms with van der Waals surface area (Å²) < 4.78 is 0. The lowest BCUT2D eigenvalue weighted by Gasteiger charge is -2.29. The van der Waals surface area contributed by atoms with Crippen molar-refractivity contribution < 1.29 is 0 Å². The Kier molecular flexibility index (Phi) is 4.00. The van der Waals surface area contributed by atoms with Gasteiger partial charge in [-0.15, -0.1) is 0 Å². The quantitative estimate of drug-likeness (QED) is 0.469. The third kappa shape index (κ3) is 2.62. The molecule has 0 bridgehead atoms. The molecule has 1 heteroatoms. The van der Waals surface area contributed by atoms with Crippen molar-refractivity contribution in [3.63, 3.8) is 0 Å². The maximum atomic E-state index is 2.40. The number of benzene rings is 3. The summed E-state index contributed by atoms with van der Waals surface area (Å²) in [7, 11) is 0.138. The summed E-state index contributed by atoms with van der Waals surface area (Å²) in [5.41, 5.74) is 9.98. The molecule has 4 rings (SSSR count). The van der Waals surface area contributed by atoms with Gasteiger partial charge in [0.15, 0.2) is 9.79 Å². The van der Waals surface area contributed by atoms with Crippen LogP contribution in [0.25, 0.3) is 0 Å². The van der Waals surface area contributed by atoms with Gasteiger partial charge in [0, 0.05) is 17.0 Å². The highest BCUT2D eigenvalue weighted by Crippen LogP contribution is 2.47. The lowest BCUT2D eigenvalue weighted by atomic mass is 9.80. The fourth-order valence-corrected chi connectivity index (χ4v) is 6.35. The maximum Gasteiger partial charge on any atom is 0.164 e. The predicted octanol–water partition coefficient (Wildman–Crippen LogP) is 6.08. The first-order chi connectivity index (χ1) is 12.0. The van der Waals surface area contributed by atoms with E-state index >= 15 is 0 Å². The second-order valence-electron chi connectivity index (χ2n) is 7.33. The van der Waals surface area contributed by atoms with E-state index in [0.717, 1.165) is 0 Å². The van der Waals surface area contributed by atoms with Crippen LogP contribution in [0, 0.1) is 27.7 Å². The van der Waals surface area contributed by atoms with Gasteiger partial charge in [-0.25, -0.2) is 0 Å². The molecule has 0 N–H and O–H groups in total. The topological polar surface area (TPSA) is 0 Å². The summed E-state index contributed by atoms with van der Waals surface area (Å²) >= 11 is 0. The molecule has 3 aromatic rings. The van der Waals surface area contributed by atoms with Gasteiger partial charge < -0.3 is 0 Å². The van der Waals surface area contributed by atoms with Crippen LogP contribution >= 0.6 is 0 Å². The lowest BCUT2D eigenvalue weighted by Crippen LogP contribution is -2.20. The summed E-state index contributed by atoms with van der Waals surface area (Å²) in [6, 6.07) is 20.8. The molecule has 0 fully saturated rings. The van der Waals surface area contributed by atoms with E-state index in [-0.39, 0.29) is 10.9 Å². The Labute approximate surface area is 154 Å². The van der Waals surface area contributed by atoms with Gasteiger partial charge in [0.05, 0.1) is 10.9 Å². The number of rotatable bonds is 1. The average Bonchev–Trinajstić information content (AvgIpc) is 2.57. The summed E-state index contributed by atoms with van der Waals surface area (Å²) in [5, 5.41) is 0. The molecule has 3 aromatic carbocycles. The van der Waals surface area contributed by atoms with Crippen LogP contribution < -0.4 is 0 Å². The molecule has 0 aromatic heterocycles. The Morgan fingerprint density at radius 2 is 1.32 bits per heavy atom. The second-order valence-corrected chi connectivity index (χ2v) is 9.24. The minimum Gasteiger partial charge on any atom is -0.0616 e. The number of hydrogen-bond donors (Lipinski definition) is 0. The van der Waals surface area contributed by atoms with Gasteiger partial charge in [0.25, 0.3) is 0 Å². The Balaban J connectivity index is 2.06. The summed E-state index contributed by atoms with van der Waals surface area (Å²) in [6.07, 6.45) is 2.38. The highest BCUT2D eigenvalue weighted by atomic mass is 32.2. The Morgan fingerprint density at radius 3 is 2.04 bits per heavy atom. The fourth-order valence-electron chi connectivity index (χ4n) is 4.39. The normalized spacial score (nSPS) is 18.6. The molecule has 1 heterocycles. The van der Waals surface area contributed by atoms with E-state index in [1.165, 1.54) is 48.7 Å². The highest BCUT2D eigenvalue weighted by molar-refractivity contribution is 7.96. The van der Waals surface area contributed by atoms with Crippen LogP contribution in [-0.4, -0.2) is 6.26 Å². The number of hydrogen-bond acceptors (Lipinski definition) is 0. The van der Waals surface area contributed by atoms with Gasteiger partial charge in [-0.3, -0.25) is 0 Å². The van der Waals surface area contributed by atoms with Gasteiger partial charge in [-0.05, 0) is 62.1 Å². The third-order valence-corrected chi connectivity index (χ3v) is 7.44. The first-order valence-corrected chi connectivity index (χ1v) is 10.5. The molecule has 0 aliphatic carbocycles.